The molecule has 1 aliphatic rings. The average molecular weight is 284 g/mol. The fraction of sp³-hybridized carbons (Fsp3) is 0.312. The summed E-state index contributed by atoms with van der Waals surface area (Å²) in [6, 6.07) is 5.09. The summed E-state index contributed by atoms with van der Waals surface area (Å²) in [6.07, 6.45) is 3.84. The molecule has 108 valence electrons. The molecular weight excluding hydrogens is 267 g/mol. The minimum atomic E-state index is -0.297. The Hall–Kier alpha value is -2.16. The van der Waals surface area contributed by atoms with Crippen LogP contribution in [0.4, 0.5) is 4.39 Å². The summed E-state index contributed by atoms with van der Waals surface area (Å²) in [5, 5.41) is 0. The normalized spacial score (nSPS) is 14.4. The van der Waals surface area contributed by atoms with Gasteiger partial charge in [-0.3, -0.25) is 4.90 Å². The lowest BCUT2D eigenvalue weighted by Crippen LogP contribution is -2.33. The van der Waals surface area contributed by atoms with Crippen molar-refractivity contribution in [2.24, 2.45) is 5.73 Å². The molecule has 0 spiro atoms. The molecule has 2 N–H and O–H groups in total. The minimum Gasteiger partial charge on any atom is -0.333 e. The van der Waals surface area contributed by atoms with Gasteiger partial charge in [0.25, 0.3) is 0 Å². The number of rotatable bonds is 2. The zero-order valence-electron chi connectivity index (χ0n) is 11.7. The molecule has 3 rings (SSSR count). The smallest absolute Gasteiger partial charge is 0.138 e. The predicted octanol–water partition coefficient (Wildman–Crippen LogP) is 1.35. The number of fused-ring (bicyclic) bond motifs is 1. The zero-order valence-corrected chi connectivity index (χ0v) is 11.7. The van der Waals surface area contributed by atoms with Gasteiger partial charge < -0.3 is 10.3 Å². The summed E-state index contributed by atoms with van der Waals surface area (Å²) < 4.78 is 15.8. The second kappa shape index (κ2) is 6.08. The van der Waals surface area contributed by atoms with Crippen molar-refractivity contribution in [2.75, 3.05) is 13.1 Å². The lowest BCUT2D eigenvalue weighted by molar-refractivity contribution is 0.209. The van der Waals surface area contributed by atoms with Crippen LogP contribution in [0.3, 0.4) is 0 Å². The monoisotopic (exact) mass is 284 g/mol. The maximum absolute atomic E-state index is 13.7. The predicted molar refractivity (Wildman–Crippen MR) is 78.7 cm³/mol. The van der Waals surface area contributed by atoms with Crippen molar-refractivity contribution in [1.29, 1.82) is 0 Å². The lowest BCUT2D eigenvalue weighted by Gasteiger charge is -2.27. The Labute approximate surface area is 123 Å². The fourth-order valence-electron chi connectivity index (χ4n) is 2.53. The van der Waals surface area contributed by atoms with E-state index in [9.17, 15) is 4.39 Å². The molecular formula is C16H17FN4. The number of nitrogens with two attached hydrogens (primary N) is 1. The van der Waals surface area contributed by atoms with Gasteiger partial charge in [0.2, 0.25) is 0 Å². The molecule has 4 nitrogen and oxygen atoms in total. The van der Waals surface area contributed by atoms with E-state index in [1.165, 1.54) is 6.07 Å². The van der Waals surface area contributed by atoms with Gasteiger partial charge in [-0.1, -0.05) is 17.9 Å². The van der Waals surface area contributed by atoms with E-state index >= 15 is 0 Å². The molecule has 1 aliphatic heterocycles. The Morgan fingerprint density at radius 2 is 2.24 bits per heavy atom. The van der Waals surface area contributed by atoms with E-state index in [0.29, 0.717) is 5.56 Å². The highest BCUT2D eigenvalue weighted by Gasteiger charge is 2.16. The molecule has 21 heavy (non-hydrogen) atoms. The molecule has 2 heterocycles. The van der Waals surface area contributed by atoms with Crippen LogP contribution in [-0.2, 0) is 19.6 Å². The number of imidazole rings is 1. The maximum atomic E-state index is 13.7. The highest BCUT2D eigenvalue weighted by molar-refractivity contribution is 5.38. The molecule has 2 aromatic rings. The summed E-state index contributed by atoms with van der Waals surface area (Å²) in [6.45, 7) is 3.72. The number of halogens is 1. The maximum Gasteiger partial charge on any atom is 0.138 e. The van der Waals surface area contributed by atoms with Gasteiger partial charge in [-0.25, -0.2) is 9.37 Å². The Balaban J connectivity index is 1.74. The average Bonchev–Trinajstić information content (AvgIpc) is 2.95. The topological polar surface area (TPSA) is 47.1 Å². The summed E-state index contributed by atoms with van der Waals surface area (Å²) in [5.41, 5.74) is 6.80. The Morgan fingerprint density at radius 3 is 3.10 bits per heavy atom. The van der Waals surface area contributed by atoms with Gasteiger partial charge in [0, 0.05) is 32.0 Å². The molecule has 5 heteroatoms. The summed E-state index contributed by atoms with van der Waals surface area (Å²) >= 11 is 0. The molecule has 0 bridgehead atoms. The van der Waals surface area contributed by atoms with Crippen LogP contribution in [0, 0.1) is 17.7 Å². The van der Waals surface area contributed by atoms with E-state index in [1.54, 1.807) is 6.07 Å². The van der Waals surface area contributed by atoms with Crippen molar-refractivity contribution < 1.29 is 4.39 Å². The van der Waals surface area contributed by atoms with Crippen LogP contribution in [0.25, 0.3) is 0 Å². The molecule has 0 amide bonds. The summed E-state index contributed by atoms with van der Waals surface area (Å²) in [4.78, 5) is 6.65. The Morgan fingerprint density at radius 1 is 1.33 bits per heavy atom. The molecule has 1 aromatic heterocycles. The summed E-state index contributed by atoms with van der Waals surface area (Å²) in [5.74, 6) is 6.25. The second-order valence-corrected chi connectivity index (χ2v) is 5.07. The second-order valence-electron chi connectivity index (χ2n) is 5.07. The third kappa shape index (κ3) is 3.13. The highest BCUT2D eigenvalue weighted by Crippen LogP contribution is 2.16. The van der Waals surface area contributed by atoms with Crippen molar-refractivity contribution in [3.63, 3.8) is 0 Å². The van der Waals surface area contributed by atoms with E-state index in [-0.39, 0.29) is 12.4 Å². The van der Waals surface area contributed by atoms with Gasteiger partial charge in [0.1, 0.15) is 11.6 Å². The van der Waals surface area contributed by atoms with Gasteiger partial charge in [-0.05, 0) is 17.7 Å². The van der Waals surface area contributed by atoms with E-state index < -0.39 is 0 Å². The molecule has 0 atom stereocenters. The van der Waals surface area contributed by atoms with Crippen LogP contribution >= 0.6 is 0 Å². The highest BCUT2D eigenvalue weighted by atomic mass is 19.1. The first-order valence-corrected chi connectivity index (χ1v) is 6.96. The molecule has 0 fully saturated rings. The minimum absolute atomic E-state index is 0.235. The third-order valence-electron chi connectivity index (χ3n) is 3.59. The van der Waals surface area contributed by atoms with Gasteiger partial charge in [-0.15, -0.1) is 0 Å². The van der Waals surface area contributed by atoms with Gasteiger partial charge in [0.15, 0.2) is 0 Å². The number of aromatic nitrogens is 2. The standard InChI is InChI=1S/C16H17FN4/c17-15-4-3-13(10-14(15)2-1-5-18)11-20-8-9-21-7-6-19-16(21)12-20/h3-4,6-7,10H,5,8-9,11-12,18H2. The van der Waals surface area contributed by atoms with Crippen LogP contribution in [0.15, 0.2) is 30.6 Å². The molecule has 0 radical (unpaired) electrons. The van der Waals surface area contributed by atoms with Crippen molar-refractivity contribution in [3.8, 4) is 11.8 Å². The number of benzene rings is 1. The van der Waals surface area contributed by atoms with E-state index in [0.717, 1.165) is 37.6 Å². The van der Waals surface area contributed by atoms with Crippen molar-refractivity contribution >= 4 is 0 Å². The van der Waals surface area contributed by atoms with Gasteiger partial charge in [0.05, 0.1) is 18.7 Å². The third-order valence-corrected chi connectivity index (χ3v) is 3.59. The van der Waals surface area contributed by atoms with Crippen molar-refractivity contribution in [2.45, 2.75) is 19.6 Å². The first-order chi connectivity index (χ1) is 10.3. The first-order valence-electron chi connectivity index (χ1n) is 6.96. The van der Waals surface area contributed by atoms with Crippen LogP contribution in [0.1, 0.15) is 17.0 Å². The zero-order chi connectivity index (χ0) is 14.7. The molecule has 0 unspecified atom stereocenters. The summed E-state index contributed by atoms with van der Waals surface area (Å²) in [7, 11) is 0. The first kappa shape index (κ1) is 13.8. The molecule has 0 saturated carbocycles. The Bertz CT molecular complexity index is 696. The van der Waals surface area contributed by atoms with E-state index in [2.05, 4.69) is 26.3 Å². The number of hydrogen-bond acceptors (Lipinski definition) is 3. The lowest BCUT2D eigenvalue weighted by atomic mass is 10.1. The number of hydrogen-bond donors (Lipinski definition) is 1. The Kier molecular flexibility index (Phi) is 4.00. The van der Waals surface area contributed by atoms with Crippen LogP contribution in [-0.4, -0.2) is 27.5 Å². The van der Waals surface area contributed by atoms with Crippen molar-refractivity contribution in [1.82, 2.24) is 14.5 Å². The van der Waals surface area contributed by atoms with E-state index in [1.807, 2.05) is 18.5 Å². The largest absolute Gasteiger partial charge is 0.333 e. The molecule has 1 aromatic carbocycles. The van der Waals surface area contributed by atoms with Gasteiger partial charge in [-0.2, -0.15) is 0 Å². The van der Waals surface area contributed by atoms with Crippen LogP contribution in [0.5, 0.6) is 0 Å². The fourth-order valence-corrected chi connectivity index (χ4v) is 2.53. The number of nitrogens with zero attached hydrogens (tertiary/aromatic N) is 3. The van der Waals surface area contributed by atoms with Crippen LogP contribution in [0.2, 0.25) is 0 Å². The van der Waals surface area contributed by atoms with Gasteiger partial charge >= 0.3 is 0 Å². The SMILES string of the molecule is NCC#Cc1cc(CN2CCn3ccnc3C2)ccc1F. The van der Waals surface area contributed by atoms with Crippen molar-refractivity contribution in [3.05, 3.63) is 53.4 Å². The van der Waals surface area contributed by atoms with E-state index in [4.69, 9.17) is 5.73 Å². The molecule has 0 saturated heterocycles. The molecule has 0 aliphatic carbocycles. The quantitative estimate of drug-likeness (QED) is 0.847. The van der Waals surface area contributed by atoms with Crippen LogP contribution < -0.4 is 5.73 Å².